The van der Waals surface area contributed by atoms with Crippen LogP contribution in [0.1, 0.15) is 5.56 Å². The highest BCUT2D eigenvalue weighted by molar-refractivity contribution is 7.98. The molecule has 35 heavy (non-hydrogen) atoms. The molecule has 6 nitrogen and oxygen atoms in total. The first-order valence-electron chi connectivity index (χ1n) is 10.6. The van der Waals surface area contributed by atoms with Gasteiger partial charge in [0.1, 0.15) is 5.75 Å². The topological polar surface area (TPSA) is 75.7 Å². The van der Waals surface area contributed by atoms with Gasteiger partial charge in [-0.25, -0.2) is 8.42 Å². The number of halogens is 3. The number of amides is 1. The van der Waals surface area contributed by atoms with Crippen molar-refractivity contribution in [2.45, 2.75) is 16.8 Å². The van der Waals surface area contributed by atoms with E-state index < -0.39 is 22.0 Å². The number of ether oxygens (including phenoxy) is 1. The first kappa shape index (κ1) is 26.0. The molecule has 1 amide bonds. The summed E-state index contributed by atoms with van der Waals surface area (Å²) in [7, 11) is -3.94. The number of sulfonamides is 1. The van der Waals surface area contributed by atoms with Gasteiger partial charge in [-0.2, -0.15) is 11.8 Å². The second-order valence-corrected chi connectivity index (χ2v) is 11.8. The van der Waals surface area contributed by atoms with Crippen LogP contribution in [0.5, 0.6) is 5.75 Å². The fourth-order valence-electron chi connectivity index (χ4n) is 3.50. The van der Waals surface area contributed by atoms with Crippen LogP contribution in [-0.2, 0) is 20.6 Å². The summed E-state index contributed by atoms with van der Waals surface area (Å²) in [6, 6.07) is 18.0. The van der Waals surface area contributed by atoms with Gasteiger partial charge in [-0.05, 0) is 54.1 Å². The average Bonchev–Trinajstić information content (AvgIpc) is 2.84. The standard InChI is InChI=1S/C24H21Cl3N2O4S2/c25-16-8-10-17(11-9-16)35(31,32)29-14-23(33-22-7-2-1-6-21(22)29)24(30)28-12-13-34-15-18-19(26)4-3-5-20(18)27/h1-11,23H,12-15H2,(H,28,30). The molecule has 4 rings (SSSR count). The number of thioether (sulfide) groups is 1. The Morgan fingerprint density at radius 2 is 1.69 bits per heavy atom. The van der Waals surface area contributed by atoms with Gasteiger partial charge in [-0.1, -0.05) is 53.0 Å². The molecular formula is C24H21Cl3N2O4S2. The molecule has 0 radical (unpaired) electrons. The second kappa shape index (κ2) is 11.3. The van der Waals surface area contributed by atoms with Crippen LogP contribution < -0.4 is 14.4 Å². The van der Waals surface area contributed by atoms with Gasteiger partial charge >= 0.3 is 0 Å². The Kier molecular flexibility index (Phi) is 8.39. The Hall–Kier alpha value is -2.10. The van der Waals surface area contributed by atoms with Crippen LogP contribution in [0.2, 0.25) is 15.1 Å². The number of hydrogen-bond donors (Lipinski definition) is 1. The molecule has 0 aliphatic carbocycles. The van der Waals surface area contributed by atoms with Crippen molar-refractivity contribution in [2.24, 2.45) is 0 Å². The van der Waals surface area contributed by atoms with Crippen molar-refractivity contribution in [3.63, 3.8) is 0 Å². The zero-order valence-electron chi connectivity index (χ0n) is 18.3. The first-order valence-corrected chi connectivity index (χ1v) is 14.3. The SMILES string of the molecule is O=C(NCCSCc1c(Cl)cccc1Cl)C1CN(S(=O)(=O)c2ccc(Cl)cc2)c2ccccc2O1. The zero-order chi connectivity index (χ0) is 25.0. The van der Waals surface area contributed by atoms with Crippen molar-refractivity contribution in [3.05, 3.63) is 87.4 Å². The molecule has 0 aromatic heterocycles. The maximum Gasteiger partial charge on any atom is 0.264 e. The van der Waals surface area contributed by atoms with Crippen molar-refractivity contribution in [1.29, 1.82) is 0 Å². The maximum atomic E-state index is 13.4. The number of hydrogen-bond acceptors (Lipinski definition) is 5. The molecule has 0 saturated carbocycles. The van der Waals surface area contributed by atoms with Crippen molar-refractivity contribution in [1.82, 2.24) is 5.32 Å². The molecular weight excluding hydrogens is 551 g/mol. The van der Waals surface area contributed by atoms with E-state index in [1.165, 1.54) is 28.6 Å². The van der Waals surface area contributed by atoms with Gasteiger partial charge in [-0.15, -0.1) is 0 Å². The van der Waals surface area contributed by atoms with Gasteiger partial charge in [0.2, 0.25) is 0 Å². The van der Waals surface area contributed by atoms with Crippen molar-refractivity contribution in [2.75, 3.05) is 23.1 Å². The van der Waals surface area contributed by atoms with Crippen LogP contribution in [0.25, 0.3) is 0 Å². The van der Waals surface area contributed by atoms with Crippen molar-refractivity contribution >= 4 is 68.2 Å². The van der Waals surface area contributed by atoms with Crippen molar-refractivity contribution in [3.8, 4) is 5.75 Å². The summed E-state index contributed by atoms with van der Waals surface area (Å²) >= 11 is 19.9. The molecule has 184 valence electrons. The molecule has 0 saturated heterocycles. The third-order valence-electron chi connectivity index (χ3n) is 5.28. The molecule has 0 bridgehead atoms. The Morgan fingerprint density at radius 3 is 2.40 bits per heavy atom. The number of fused-ring (bicyclic) bond motifs is 1. The quantitative estimate of drug-likeness (QED) is 0.354. The highest BCUT2D eigenvalue weighted by atomic mass is 35.5. The van der Waals surface area contributed by atoms with E-state index in [2.05, 4.69) is 5.32 Å². The number of para-hydroxylation sites is 2. The lowest BCUT2D eigenvalue weighted by molar-refractivity contribution is -0.127. The summed E-state index contributed by atoms with van der Waals surface area (Å²) in [5.74, 6) is 1.14. The number of nitrogens with one attached hydrogen (secondary N) is 1. The van der Waals surface area contributed by atoms with Gasteiger partial charge in [-0.3, -0.25) is 9.10 Å². The largest absolute Gasteiger partial charge is 0.476 e. The fourth-order valence-corrected chi connectivity index (χ4v) is 6.70. The molecule has 1 aliphatic rings. The lowest BCUT2D eigenvalue weighted by atomic mass is 10.2. The lowest BCUT2D eigenvalue weighted by Crippen LogP contribution is -2.51. The fraction of sp³-hybridized carbons (Fsp3) is 0.208. The summed E-state index contributed by atoms with van der Waals surface area (Å²) < 4.78 is 33.8. The molecule has 0 fully saturated rings. The Balaban J connectivity index is 1.41. The van der Waals surface area contributed by atoms with Crippen LogP contribution in [0, 0.1) is 0 Å². The third kappa shape index (κ3) is 6.01. The number of carbonyl (C=O) groups is 1. The number of nitrogens with zero attached hydrogens (tertiary/aromatic N) is 1. The minimum Gasteiger partial charge on any atom is -0.476 e. The van der Waals surface area contributed by atoms with E-state index in [1.807, 2.05) is 0 Å². The van der Waals surface area contributed by atoms with Crippen LogP contribution in [-0.4, -0.2) is 39.3 Å². The highest BCUT2D eigenvalue weighted by Gasteiger charge is 2.37. The molecule has 0 spiro atoms. The van der Waals surface area contributed by atoms with E-state index in [9.17, 15) is 13.2 Å². The number of rotatable bonds is 8. The van der Waals surface area contributed by atoms with Gasteiger partial charge < -0.3 is 10.1 Å². The van der Waals surface area contributed by atoms with Crippen molar-refractivity contribution < 1.29 is 17.9 Å². The lowest BCUT2D eigenvalue weighted by Gasteiger charge is -2.34. The third-order valence-corrected chi connectivity index (χ3v) is 9.02. The van der Waals surface area contributed by atoms with Gasteiger partial charge in [0.15, 0.2) is 6.10 Å². The maximum absolute atomic E-state index is 13.4. The van der Waals surface area contributed by atoms with Gasteiger partial charge in [0, 0.05) is 33.1 Å². The highest BCUT2D eigenvalue weighted by Crippen LogP contribution is 2.37. The zero-order valence-corrected chi connectivity index (χ0v) is 22.2. The monoisotopic (exact) mass is 570 g/mol. The minimum atomic E-state index is -3.94. The summed E-state index contributed by atoms with van der Waals surface area (Å²) in [4.78, 5) is 13.0. The predicted octanol–water partition coefficient (Wildman–Crippen LogP) is 5.65. The van der Waals surface area contributed by atoms with E-state index in [0.29, 0.717) is 44.6 Å². The van der Waals surface area contributed by atoms with E-state index in [-0.39, 0.29) is 11.4 Å². The second-order valence-electron chi connectivity index (χ2n) is 7.61. The molecule has 1 N–H and O–H groups in total. The van der Waals surface area contributed by atoms with Gasteiger partial charge in [0.05, 0.1) is 17.1 Å². The summed E-state index contributed by atoms with van der Waals surface area (Å²) in [6.45, 7) is 0.215. The molecule has 1 unspecified atom stereocenters. The first-order chi connectivity index (χ1) is 16.8. The van der Waals surface area contributed by atoms with Crippen LogP contribution >= 0.6 is 46.6 Å². The van der Waals surface area contributed by atoms with Gasteiger partial charge in [0.25, 0.3) is 15.9 Å². The molecule has 3 aromatic rings. The number of anilines is 1. The van der Waals surface area contributed by atoms with Crippen LogP contribution in [0.15, 0.2) is 71.6 Å². The summed E-state index contributed by atoms with van der Waals surface area (Å²) in [5.41, 5.74) is 1.22. The van der Waals surface area contributed by atoms with E-state index in [0.717, 1.165) is 5.56 Å². The van der Waals surface area contributed by atoms with Crippen LogP contribution in [0.3, 0.4) is 0 Å². The molecule has 3 aromatic carbocycles. The van der Waals surface area contributed by atoms with Crippen LogP contribution in [0.4, 0.5) is 5.69 Å². The molecule has 1 atom stereocenters. The van der Waals surface area contributed by atoms with E-state index in [4.69, 9.17) is 39.5 Å². The molecule has 11 heteroatoms. The molecule has 1 aliphatic heterocycles. The van der Waals surface area contributed by atoms with E-state index in [1.54, 1.807) is 54.2 Å². The number of carbonyl (C=O) groups excluding carboxylic acids is 1. The Morgan fingerprint density at radius 1 is 1.00 bits per heavy atom. The predicted molar refractivity (Wildman–Crippen MR) is 142 cm³/mol. The average molecular weight is 572 g/mol. The summed E-state index contributed by atoms with van der Waals surface area (Å²) in [6.07, 6.45) is -1.00. The normalized spacial score (nSPS) is 15.3. The minimum absolute atomic E-state index is 0.0763. The Labute approximate surface area is 223 Å². The smallest absolute Gasteiger partial charge is 0.264 e. The molecule has 1 heterocycles. The summed E-state index contributed by atoms with van der Waals surface area (Å²) in [5, 5.41) is 4.46. The number of benzene rings is 3. The van der Waals surface area contributed by atoms with E-state index >= 15 is 0 Å². The Bertz CT molecular complexity index is 1300.